The molecular formula is C20H18N2O8S. The normalized spacial score (nSPS) is 18.6. The van der Waals surface area contributed by atoms with Gasteiger partial charge >= 0.3 is 11.9 Å². The molecular weight excluding hydrogens is 428 g/mol. The Morgan fingerprint density at radius 2 is 2.03 bits per heavy atom. The molecule has 2 aromatic rings. The SMILES string of the molecule is O=C(O)COOC1(C(=O)O)c2cccc(C(=O)CNC(=O)c3cc4c(s3)CCNC4)c21. The van der Waals surface area contributed by atoms with Crippen molar-refractivity contribution in [1.82, 2.24) is 10.6 Å². The Hall–Kier alpha value is -3.12. The van der Waals surface area contributed by atoms with E-state index < -0.39 is 29.9 Å². The molecule has 4 rings (SSSR count). The van der Waals surface area contributed by atoms with Gasteiger partial charge in [0.05, 0.1) is 11.4 Å². The lowest BCUT2D eigenvalue weighted by Crippen LogP contribution is -2.30. The molecule has 11 heteroatoms. The predicted molar refractivity (Wildman–Crippen MR) is 106 cm³/mol. The van der Waals surface area contributed by atoms with E-state index in [0.717, 1.165) is 23.4 Å². The number of benzene rings is 1. The molecule has 31 heavy (non-hydrogen) atoms. The largest absolute Gasteiger partial charge is 0.479 e. The minimum atomic E-state index is -2.03. The quantitative estimate of drug-likeness (QED) is 0.248. The first-order valence-electron chi connectivity index (χ1n) is 9.38. The van der Waals surface area contributed by atoms with Crippen molar-refractivity contribution in [2.24, 2.45) is 0 Å². The van der Waals surface area contributed by atoms with Crippen molar-refractivity contribution < 1.29 is 39.2 Å². The van der Waals surface area contributed by atoms with E-state index in [2.05, 4.69) is 15.5 Å². The number of fused-ring (bicyclic) bond motifs is 2. The zero-order chi connectivity index (χ0) is 22.2. The third-order valence-corrected chi connectivity index (χ3v) is 6.31. The first kappa shape index (κ1) is 21.1. The van der Waals surface area contributed by atoms with Gasteiger partial charge in [-0.1, -0.05) is 18.2 Å². The Labute approximate surface area is 179 Å². The number of carboxylic acid groups (broad SMARTS) is 2. The van der Waals surface area contributed by atoms with E-state index in [-0.39, 0.29) is 29.1 Å². The maximum Gasteiger partial charge on any atom is 0.348 e. The molecule has 1 aromatic heterocycles. The highest BCUT2D eigenvalue weighted by atomic mass is 32.1. The van der Waals surface area contributed by atoms with Gasteiger partial charge in [-0.15, -0.1) is 11.3 Å². The Kier molecular flexibility index (Phi) is 5.58. The molecule has 1 aromatic carbocycles. The second kappa shape index (κ2) is 8.19. The molecule has 1 aliphatic carbocycles. The van der Waals surface area contributed by atoms with Gasteiger partial charge < -0.3 is 20.8 Å². The Balaban J connectivity index is 1.45. The molecule has 1 aliphatic heterocycles. The molecule has 4 N–H and O–H groups in total. The minimum absolute atomic E-state index is 0.0637. The molecule has 162 valence electrons. The van der Waals surface area contributed by atoms with Crippen LogP contribution < -0.4 is 10.6 Å². The van der Waals surface area contributed by atoms with Gasteiger partial charge in [-0.3, -0.25) is 9.59 Å². The highest BCUT2D eigenvalue weighted by molar-refractivity contribution is 7.14. The number of carboxylic acids is 2. The molecule has 0 bridgehead atoms. The number of ketones is 1. The van der Waals surface area contributed by atoms with Crippen molar-refractivity contribution in [3.05, 3.63) is 56.3 Å². The zero-order valence-electron chi connectivity index (χ0n) is 16.1. The van der Waals surface area contributed by atoms with E-state index in [1.54, 1.807) is 6.07 Å². The third-order valence-electron chi connectivity index (χ3n) is 5.08. The molecule has 0 saturated carbocycles. The number of amides is 1. The van der Waals surface area contributed by atoms with E-state index in [4.69, 9.17) is 9.99 Å². The van der Waals surface area contributed by atoms with E-state index in [1.165, 1.54) is 29.5 Å². The van der Waals surface area contributed by atoms with E-state index in [0.29, 0.717) is 11.4 Å². The van der Waals surface area contributed by atoms with Gasteiger partial charge in [-0.25, -0.2) is 19.4 Å². The number of rotatable bonds is 9. The number of thiophene rings is 1. The summed E-state index contributed by atoms with van der Waals surface area (Å²) >= 11 is 1.39. The molecule has 0 spiro atoms. The molecule has 1 atom stereocenters. The van der Waals surface area contributed by atoms with Crippen LogP contribution in [0.3, 0.4) is 0 Å². The smallest absolute Gasteiger partial charge is 0.348 e. The molecule has 0 radical (unpaired) electrons. The van der Waals surface area contributed by atoms with Gasteiger partial charge in [0.25, 0.3) is 11.5 Å². The van der Waals surface area contributed by atoms with Crippen LogP contribution in [-0.4, -0.2) is 53.5 Å². The summed E-state index contributed by atoms with van der Waals surface area (Å²) in [5.41, 5.74) is -0.613. The fourth-order valence-corrected chi connectivity index (χ4v) is 4.69. The maximum absolute atomic E-state index is 12.7. The van der Waals surface area contributed by atoms with E-state index >= 15 is 0 Å². The zero-order valence-corrected chi connectivity index (χ0v) is 16.9. The molecule has 2 heterocycles. The summed E-state index contributed by atoms with van der Waals surface area (Å²) in [4.78, 5) is 58.7. The van der Waals surface area contributed by atoms with Crippen LogP contribution in [0.1, 0.15) is 41.6 Å². The second-order valence-electron chi connectivity index (χ2n) is 7.05. The number of nitrogens with one attached hydrogen (secondary N) is 2. The molecule has 10 nitrogen and oxygen atoms in total. The Morgan fingerprint density at radius 1 is 1.23 bits per heavy atom. The molecule has 0 saturated heterocycles. The lowest BCUT2D eigenvalue weighted by atomic mass is 10.1. The summed E-state index contributed by atoms with van der Waals surface area (Å²) in [6, 6.07) is 6.17. The summed E-state index contributed by atoms with van der Waals surface area (Å²) < 4.78 is 0. The first-order valence-corrected chi connectivity index (χ1v) is 10.2. The van der Waals surface area contributed by atoms with Crippen molar-refractivity contribution in [2.45, 2.75) is 18.6 Å². The van der Waals surface area contributed by atoms with E-state index in [9.17, 15) is 24.3 Å². The second-order valence-corrected chi connectivity index (χ2v) is 8.18. The van der Waals surface area contributed by atoms with Crippen LogP contribution >= 0.6 is 11.3 Å². The van der Waals surface area contributed by atoms with E-state index in [1.807, 2.05) is 0 Å². The third kappa shape index (κ3) is 3.83. The average molecular weight is 446 g/mol. The van der Waals surface area contributed by atoms with Gasteiger partial charge in [0.2, 0.25) is 0 Å². The molecule has 0 fully saturated rings. The number of Topliss-reactive ketones (excluding diaryl/α,β-unsaturated/α-hetero) is 1. The topological polar surface area (TPSA) is 151 Å². The predicted octanol–water partition coefficient (Wildman–Crippen LogP) is 0.681. The summed E-state index contributed by atoms with van der Waals surface area (Å²) in [6.07, 6.45) is 0.851. The highest BCUT2D eigenvalue weighted by Crippen LogP contribution is 2.53. The van der Waals surface area contributed by atoms with Gasteiger partial charge in [-0.2, -0.15) is 0 Å². The van der Waals surface area contributed by atoms with Crippen molar-refractivity contribution in [3.8, 4) is 0 Å². The van der Waals surface area contributed by atoms with Crippen LogP contribution in [-0.2, 0) is 37.9 Å². The lowest BCUT2D eigenvalue weighted by Gasteiger charge is -2.11. The van der Waals surface area contributed by atoms with Crippen LogP contribution in [0.15, 0.2) is 24.3 Å². The Bertz CT molecular complexity index is 1070. The van der Waals surface area contributed by atoms with Gasteiger partial charge in [0.15, 0.2) is 12.4 Å². The summed E-state index contributed by atoms with van der Waals surface area (Å²) in [7, 11) is 0. The Morgan fingerprint density at radius 3 is 2.74 bits per heavy atom. The average Bonchev–Trinajstić information content (AvgIpc) is 3.20. The fraction of sp³-hybridized carbons (Fsp3) is 0.300. The van der Waals surface area contributed by atoms with Crippen molar-refractivity contribution >= 4 is 35.0 Å². The standard InChI is InChI=1S/C20H18N2O8S/c23-13(8-22-18(26)15-6-10-7-21-5-4-14(10)31-15)11-2-1-3-12-17(11)20(12,19(27)28)30-29-9-16(24)25/h1-3,6,21H,4-5,7-9H2,(H,22,26)(H,24,25)(H,27,28). The van der Waals surface area contributed by atoms with Gasteiger partial charge in [0.1, 0.15) is 0 Å². The maximum atomic E-state index is 12.7. The van der Waals surface area contributed by atoms with Crippen molar-refractivity contribution in [3.63, 3.8) is 0 Å². The van der Waals surface area contributed by atoms with Gasteiger partial charge in [0, 0.05) is 34.7 Å². The number of carbonyl (C=O) groups excluding carboxylic acids is 2. The monoisotopic (exact) mass is 446 g/mol. The highest BCUT2D eigenvalue weighted by Gasteiger charge is 2.63. The summed E-state index contributed by atoms with van der Waals surface area (Å²) in [5.74, 6) is -3.65. The first-order chi connectivity index (χ1) is 14.8. The number of carbonyl (C=O) groups is 4. The summed E-state index contributed by atoms with van der Waals surface area (Å²) in [5, 5.41) is 24.1. The summed E-state index contributed by atoms with van der Waals surface area (Å²) in [6.45, 7) is 0.371. The van der Waals surface area contributed by atoms with Gasteiger partial charge in [-0.05, 0) is 18.1 Å². The fourth-order valence-electron chi connectivity index (χ4n) is 3.59. The molecule has 1 unspecified atom stereocenters. The van der Waals surface area contributed by atoms with Crippen LogP contribution in [0.4, 0.5) is 0 Å². The molecule has 1 amide bonds. The van der Waals surface area contributed by atoms with Crippen LogP contribution in [0.25, 0.3) is 0 Å². The minimum Gasteiger partial charge on any atom is -0.479 e. The number of hydrogen-bond acceptors (Lipinski definition) is 8. The number of hydrogen-bond donors (Lipinski definition) is 4. The van der Waals surface area contributed by atoms with Crippen LogP contribution in [0.5, 0.6) is 0 Å². The molecule has 2 aliphatic rings. The van der Waals surface area contributed by atoms with Crippen molar-refractivity contribution in [1.29, 1.82) is 0 Å². The lowest BCUT2D eigenvalue weighted by molar-refractivity contribution is -0.333. The number of aliphatic carboxylic acids is 2. The van der Waals surface area contributed by atoms with Crippen LogP contribution in [0.2, 0.25) is 0 Å². The van der Waals surface area contributed by atoms with Crippen molar-refractivity contribution in [2.75, 3.05) is 19.7 Å². The van der Waals surface area contributed by atoms with Crippen LogP contribution in [0, 0.1) is 0 Å².